The Morgan fingerprint density at radius 3 is 2.82 bits per heavy atom. The standard InChI is InChI=1S/C16H18N4O2/c21-15-9-8-13(17-15)16(22)18-14-10-12(19-20-14)7-6-11-4-2-1-3-5-11/h1-5,10,13H,6-9H2,(H,17,21)(H2,18,19,20,22)/t13-/m1/s1. The van der Waals surface area contributed by atoms with Gasteiger partial charge in [-0.05, 0) is 24.8 Å². The minimum Gasteiger partial charge on any atom is -0.344 e. The lowest BCUT2D eigenvalue weighted by atomic mass is 10.1. The van der Waals surface area contributed by atoms with E-state index in [0.717, 1.165) is 18.5 Å². The van der Waals surface area contributed by atoms with Crippen LogP contribution in [-0.4, -0.2) is 28.1 Å². The summed E-state index contributed by atoms with van der Waals surface area (Å²) in [5.74, 6) is 0.201. The molecular weight excluding hydrogens is 280 g/mol. The molecule has 2 heterocycles. The molecule has 0 radical (unpaired) electrons. The molecule has 2 amide bonds. The summed E-state index contributed by atoms with van der Waals surface area (Å²) < 4.78 is 0. The smallest absolute Gasteiger partial charge is 0.248 e. The van der Waals surface area contributed by atoms with Crippen molar-refractivity contribution >= 4 is 17.6 Å². The van der Waals surface area contributed by atoms with Crippen LogP contribution in [0.5, 0.6) is 0 Å². The fourth-order valence-corrected chi connectivity index (χ4v) is 2.50. The Morgan fingerprint density at radius 2 is 2.09 bits per heavy atom. The summed E-state index contributed by atoms with van der Waals surface area (Å²) in [6.07, 6.45) is 2.68. The van der Waals surface area contributed by atoms with Gasteiger partial charge in [-0.15, -0.1) is 0 Å². The maximum atomic E-state index is 12.0. The van der Waals surface area contributed by atoms with Crippen LogP contribution in [-0.2, 0) is 22.4 Å². The molecule has 6 nitrogen and oxygen atoms in total. The normalized spacial score (nSPS) is 17.3. The highest BCUT2D eigenvalue weighted by molar-refractivity contribution is 5.98. The number of aryl methyl sites for hydroxylation is 2. The fraction of sp³-hybridized carbons (Fsp3) is 0.312. The Bertz CT molecular complexity index is 666. The lowest BCUT2D eigenvalue weighted by molar-refractivity contribution is -0.122. The number of anilines is 1. The Balaban J connectivity index is 1.52. The van der Waals surface area contributed by atoms with Gasteiger partial charge in [0.2, 0.25) is 11.8 Å². The molecule has 3 N–H and O–H groups in total. The van der Waals surface area contributed by atoms with Crippen molar-refractivity contribution < 1.29 is 9.59 Å². The quantitative estimate of drug-likeness (QED) is 0.780. The maximum Gasteiger partial charge on any atom is 0.248 e. The van der Waals surface area contributed by atoms with Crippen LogP contribution in [0.15, 0.2) is 36.4 Å². The number of hydrogen-bond acceptors (Lipinski definition) is 3. The van der Waals surface area contributed by atoms with Crippen molar-refractivity contribution in [1.29, 1.82) is 0 Å². The molecule has 0 saturated carbocycles. The van der Waals surface area contributed by atoms with Crippen molar-refractivity contribution in [1.82, 2.24) is 15.5 Å². The number of aromatic amines is 1. The predicted octanol–water partition coefficient (Wildman–Crippen LogP) is 1.41. The third kappa shape index (κ3) is 3.52. The molecule has 22 heavy (non-hydrogen) atoms. The van der Waals surface area contributed by atoms with Crippen LogP contribution < -0.4 is 10.6 Å². The van der Waals surface area contributed by atoms with Gasteiger partial charge < -0.3 is 10.6 Å². The third-order valence-corrected chi connectivity index (χ3v) is 3.72. The van der Waals surface area contributed by atoms with Crippen molar-refractivity contribution in [3.63, 3.8) is 0 Å². The van der Waals surface area contributed by atoms with Gasteiger partial charge in [0.1, 0.15) is 6.04 Å². The molecule has 6 heteroatoms. The van der Waals surface area contributed by atoms with E-state index < -0.39 is 6.04 Å². The highest BCUT2D eigenvalue weighted by atomic mass is 16.2. The molecule has 1 aromatic heterocycles. The highest BCUT2D eigenvalue weighted by Crippen LogP contribution is 2.12. The summed E-state index contributed by atoms with van der Waals surface area (Å²) in [7, 11) is 0. The fourth-order valence-electron chi connectivity index (χ4n) is 2.50. The summed E-state index contributed by atoms with van der Waals surface area (Å²) in [6.45, 7) is 0. The number of H-pyrrole nitrogens is 1. The minimum absolute atomic E-state index is 0.0780. The highest BCUT2D eigenvalue weighted by Gasteiger charge is 2.27. The number of rotatable bonds is 5. The number of nitrogens with zero attached hydrogens (tertiary/aromatic N) is 1. The van der Waals surface area contributed by atoms with Crippen LogP contribution >= 0.6 is 0 Å². The number of amides is 2. The molecule has 0 unspecified atom stereocenters. The van der Waals surface area contributed by atoms with Crippen molar-refractivity contribution in [2.75, 3.05) is 5.32 Å². The molecule has 1 saturated heterocycles. The van der Waals surface area contributed by atoms with E-state index in [1.807, 2.05) is 24.3 Å². The summed E-state index contributed by atoms with van der Waals surface area (Å²) >= 11 is 0. The van der Waals surface area contributed by atoms with E-state index in [9.17, 15) is 9.59 Å². The van der Waals surface area contributed by atoms with Crippen molar-refractivity contribution in [2.45, 2.75) is 31.7 Å². The van der Waals surface area contributed by atoms with E-state index in [1.54, 1.807) is 0 Å². The summed E-state index contributed by atoms with van der Waals surface area (Å²) in [6, 6.07) is 11.6. The molecule has 1 aliphatic rings. The molecule has 3 rings (SSSR count). The Labute approximate surface area is 128 Å². The van der Waals surface area contributed by atoms with Gasteiger partial charge in [-0.3, -0.25) is 14.7 Å². The van der Waals surface area contributed by atoms with Crippen LogP contribution in [0.4, 0.5) is 5.82 Å². The van der Waals surface area contributed by atoms with Crippen LogP contribution in [0.2, 0.25) is 0 Å². The number of nitrogens with one attached hydrogen (secondary N) is 3. The van der Waals surface area contributed by atoms with Crippen LogP contribution in [0.3, 0.4) is 0 Å². The first-order valence-corrected chi connectivity index (χ1v) is 7.39. The Morgan fingerprint density at radius 1 is 1.27 bits per heavy atom. The predicted molar refractivity (Wildman–Crippen MR) is 82.2 cm³/mol. The Hall–Kier alpha value is -2.63. The average molecular weight is 298 g/mol. The molecular formula is C16H18N4O2. The molecule has 2 aromatic rings. The van der Waals surface area contributed by atoms with Gasteiger partial charge in [0, 0.05) is 18.2 Å². The van der Waals surface area contributed by atoms with Crippen molar-refractivity contribution in [2.24, 2.45) is 0 Å². The minimum atomic E-state index is -0.447. The number of benzene rings is 1. The number of hydrogen-bond donors (Lipinski definition) is 3. The Kier molecular flexibility index (Phi) is 4.18. The lowest BCUT2D eigenvalue weighted by Crippen LogP contribution is -2.37. The van der Waals surface area contributed by atoms with E-state index in [4.69, 9.17) is 0 Å². The van der Waals surface area contributed by atoms with Gasteiger partial charge in [-0.25, -0.2) is 0 Å². The molecule has 0 aliphatic carbocycles. The first kappa shape index (κ1) is 14.3. The largest absolute Gasteiger partial charge is 0.344 e. The van der Waals surface area contributed by atoms with Gasteiger partial charge in [-0.2, -0.15) is 5.10 Å². The van der Waals surface area contributed by atoms with Crippen LogP contribution in [0, 0.1) is 0 Å². The topological polar surface area (TPSA) is 86.9 Å². The number of aromatic nitrogens is 2. The SMILES string of the molecule is O=C1CC[C@H](C(=O)Nc2cc(CCc3ccccc3)[nH]n2)N1. The molecule has 1 atom stereocenters. The molecule has 0 bridgehead atoms. The third-order valence-electron chi connectivity index (χ3n) is 3.72. The molecule has 1 aromatic carbocycles. The monoisotopic (exact) mass is 298 g/mol. The summed E-state index contributed by atoms with van der Waals surface area (Å²) in [5.41, 5.74) is 2.23. The molecule has 0 spiro atoms. The second-order valence-corrected chi connectivity index (χ2v) is 5.41. The van der Waals surface area contributed by atoms with Crippen LogP contribution in [0.25, 0.3) is 0 Å². The summed E-state index contributed by atoms with van der Waals surface area (Å²) in [5, 5.41) is 12.4. The zero-order chi connectivity index (χ0) is 15.4. The van der Waals surface area contributed by atoms with E-state index in [2.05, 4.69) is 33.0 Å². The van der Waals surface area contributed by atoms with E-state index in [0.29, 0.717) is 18.7 Å². The molecule has 1 fully saturated rings. The van der Waals surface area contributed by atoms with Gasteiger partial charge in [0.05, 0.1) is 0 Å². The first-order chi connectivity index (χ1) is 10.7. The summed E-state index contributed by atoms with van der Waals surface area (Å²) in [4.78, 5) is 23.1. The van der Waals surface area contributed by atoms with E-state index in [1.165, 1.54) is 5.56 Å². The van der Waals surface area contributed by atoms with Gasteiger partial charge in [0.25, 0.3) is 0 Å². The second-order valence-electron chi connectivity index (χ2n) is 5.41. The first-order valence-electron chi connectivity index (χ1n) is 7.39. The maximum absolute atomic E-state index is 12.0. The second kappa shape index (κ2) is 6.43. The van der Waals surface area contributed by atoms with E-state index >= 15 is 0 Å². The molecule has 114 valence electrons. The zero-order valence-corrected chi connectivity index (χ0v) is 12.1. The lowest BCUT2D eigenvalue weighted by Gasteiger charge is -2.08. The van der Waals surface area contributed by atoms with Crippen molar-refractivity contribution in [3.05, 3.63) is 47.7 Å². The number of carbonyl (C=O) groups is 2. The zero-order valence-electron chi connectivity index (χ0n) is 12.1. The van der Waals surface area contributed by atoms with Crippen LogP contribution in [0.1, 0.15) is 24.1 Å². The van der Waals surface area contributed by atoms with Gasteiger partial charge >= 0.3 is 0 Å². The number of carbonyl (C=O) groups excluding carboxylic acids is 2. The van der Waals surface area contributed by atoms with E-state index in [-0.39, 0.29) is 11.8 Å². The van der Waals surface area contributed by atoms with Crippen molar-refractivity contribution in [3.8, 4) is 0 Å². The van der Waals surface area contributed by atoms with Gasteiger partial charge in [-0.1, -0.05) is 30.3 Å². The molecule has 1 aliphatic heterocycles. The van der Waals surface area contributed by atoms with Gasteiger partial charge in [0.15, 0.2) is 5.82 Å². The average Bonchev–Trinajstić information content (AvgIpc) is 3.15.